The Balaban J connectivity index is 1.95. The molecule has 1 atom stereocenters. The number of ether oxygens (including phenoxy) is 1. The lowest BCUT2D eigenvalue weighted by Crippen LogP contribution is -2.15. The van der Waals surface area contributed by atoms with Crippen LogP contribution in [0.2, 0.25) is 0 Å². The summed E-state index contributed by atoms with van der Waals surface area (Å²) in [5.41, 5.74) is 0.953. The maximum Gasteiger partial charge on any atom is 0.251 e. The largest absolute Gasteiger partial charge is 0.381 e. The summed E-state index contributed by atoms with van der Waals surface area (Å²) in [6, 6.07) is 1.64. The Morgan fingerprint density at radius 1 is 1.33 bits per heavy atom. The molecule has 0 amide bonds. The van der Waals surface area contributed by atoms with Gasteiger partial charge in [-0.1, -0.05) is 0 Å². The minimum absolute atomic E-state index is 0.0196. The second-order valence-corrected chi connectivity index (χ2v) is 4.39. The lowest BCUT2D eigenvalue weighted by Gasteiger charge is -2.07. The zero-order valence-corrected chi connectivity index (χ0v) is 8.53. The van der Waals surface area contributed by atoms with Crippen LogP contribution >= 0.6 is 0 Å². The summed E-state index contributed by atoms with van der Waals surface area (Å²) in [5, 5.41) is 0. The number of nitrogens with zero attached hydrogens (tertiary/aromatic N) is 1. The fourth-order valence-electron chi connectivity index (χ4n) is 2.03. The van der Waals surface area contributed by atoms with Gasteiger partial charge in [-0.3, -0.25) is 4.79 Å². The molecule has 15 heavy (non-hydrogen) atoms. The first-order chi connectivity index (χ1) is 7.33. The van der Waals surface area contributed by atoms with Gasteiger partial charge >= 0.3 is 0 Å². The van der Waals surface area contributed by atoms with Crippen LogP contribution < -0.4 is 5.56 Å². The van der Waals surface area contributed by atoms with Gasteiger partial charge in [-0.2, -0.15) is 0 Å². The van der Waals surface area contributed by atoms with Crippen LogP contribution in [0.15, 0.2) is 10.9 Å². The fraction of sp³-hybridized carbons (Fsp3) is 0.636. The summed E-state index contributed by atoms with van der Waals surface area (Å²) in [4.78, 5) is 18.8. The molecule has 2 aliphatic rings. The van der Waals surface area contributed by atoms with E-state index in [0.717, 1.165) is 24.5 Å². The van der Waals surface area contributed by atoms with Crippen LogP contribution in [0.5, 0.6) is 0 Å². The topological polar surface area (TPSA) is 55.0 Å². The molecule has 3 rings (SSSR count). The summed E-state index contributed by atoms with van der Waals surface area (Å²) in [6.45, 7) is 1.47. The van der Waals surface area contributed by atoms with E-state index < -0.39 is 0 Å². The molecule has 1 aromatic heterocycles. The molecule has 1 aliphatic carbocycles. The number of aromatic amines is 1. The van der Waals surface area contributed by atoms with Gasteiger partial charge in [0.2, 0.25) is 0 Å². The molecule has 1 N–H and O–H groups in total. The molecule has 1 aromatic rings. The smallest absolute Gasteiger partial charge is 0.251 e. The Hall–Kier alpha value is -1.16. The summed E-state index contributed by atoms with van der Waals surface area (Å²) in [7, 11) is 0. The highest BCUT2D eigenvalue weighted by molar-refractivity contribution is 5.15. The van der Waals surface area contributed by atoms with Gasteiger partial charge in [-0.05, 0) is 19.3 Å². The highest BCUT2D eigenvalue weighted by atomic mass is 16.5. The van der Waals surface area contributed by atoms with Gasteiger partial charge in [0.15, 0.2) is 0 Å². The number of hydrogen-bond donors (Lipinski definition) is 1. The number of nitrogens with one attached hydrogen (secondary N) is 1. The number of aromatic nitrogens is 2. The number of hydrogen-bond acceptors (Lipinski definition) is 3. The third-order valence-corrected chi connectivity index (χ3v) is 3.09. The molecule has 80 valence electrons. The Morgan fingerprint density at radius 3 is 2.87 bits per heavy atom. The molecule has 1 unspecified atom stereocenters. The van der Waals surface area contributed by atoms with Crippen molar-refractivity contribution >= 4 is 0 Å². The summed E-state index contributed by atoms with van der Waals surface area (Å²) in [5.74, 6) is 1.65. The highest BCUT2D eigenvalue weighted by Crippen LogP contribution is 2.38. The van der Waals surface area contributed by atoms with Crippen molar-refractivity contribution in [2.75, 3.05) is 13.2 Å². The number of rotatable bonds is 2. The first-order valence-corrected chi connectivity index (χ1v) is 5.52. The van der Waals surface area contributed by atoms with Crippen LogP contribution in [0.4, 0.5) is 0 Å². The maximum absolute atomic E-state index is 11.5. The summed E-state index contributed by atoms with van der Waals surface area (Å²) < 4.78 is 5.31. The third-order valence-electron chi connectivity index (χ3n) is 3.09. The van der Waals surface area contributed by atoms with Gasteiger partial charge in [-0.15, -0.1) is 0 Å². The Kier molecular flexibility index (Phi) is 2.09. The molecule has 1 saturated heterocycles. The Bertz CT molecular complexity index is 417. The van der Waals surface area contributed by atoms with Crippen LogP contribution in [0, 0.1) is 0 Å². The normalized spacial score (nSPS) is 25.7. The molecule has 1 saturated carbocycles. The van der Waals surface area contributed by atoms with Crippen molar-refractivity contribution in [1.29, 1.82) is 0 Å². The average Bonchev–Trinajstić information content (AvgIpc) is 2.93. The molecule has 4 heteroatoms. The molecular formula is C11H14N2O2. The quantitative estimate of drug-likeness (QED) is 0.789. The average molecular weight is 206 g/mol. The van der Waals surface area contributed by atoms with E-state index in [0.29, 0.717) is 12.5 Å². The van der Waals surface area contributed by atoms with Gasteiger partial charge in [-0.25, -0.2) is 4.98 Å². The lowest BCUT2D eigenvalue weighted by molar-refractivity contribution is 0.193. The van der Waals surface area contributed by atoms with Crippen molar-refractivity contribution in [3.63, 3.8) is 0 Å². The van der Waals surface area contributed by atoms with Crippen molar-refractivity contribution in [3.8, 4) is 0 Å². The first-order valence-electron chi connectivity index (χ1n) is 5.52. The van der Waals surface area contributed by atoms with Crippen molar-refractivity contribution in [2.24, 2.45) is 0 Å². The molecule has 4 nitrogen and oxygen atoms in total. The minimum atomic E-state index is -0.0196. The molecule has 2 fully saturated rings. The predicted molar refractivity (Wildman–Crippen MR) is 55.0 cm³/mol. The van der Waals surface area contributed by atoms with Gasteiger partial charge in [0.1, 0.15) is 5.82 Å². The van der Waals surface area contributed by atoms with E-state index in [1.807, 2.05) is 0 Å². The standard InChI is InChI=1S/C11H14N2O2/c14-10-5-9(7-1-2-7)12-11(13-10)8-3-4-15-6-8/h5,7-8H,1-4,6H2,(H,12,13,14). The molecular weight excluding hydrogens is 192 g/mol. The van der Waals surface area contributed by atoms with Crippen LogP contribution in [0.25, 0.3) is 0 Å². The maximum atomic E-state index is 11.5. The minimum Gasteiger partial charge on any atom is -0.381 e. The van der Waals surface area contributed by atoms with Crippen LogP contribution in [-0.2, 0) is 4.74 Å². The van der Waals surface area contributed by atoms with Gasteiger partial charge in [0, 0.05) is 24.5 Å². The predicted octanol–water partition coefficient (Wildman–Crippen LogP) is 1.15. The molecule has 0 radical (unpaired) electrons. The van der Waals surface area contributed by atoms with E-state index in [1.54, 1.807) is 6.07 Å². The molecule has 0 aromatic carbocycles. The summed E-state index contributed by atoms with van der Waals surface area (Å²) >= 11 is 0. The Labute approximate surface area is 87.7 Å². The lowest BCUT2D eigenvalue weighted by atomic mass is 10.1. The van der Waals surface area contributed by atoms with Crippen molar-refractivity contribution in [3.05, 3.63) is 27.9 Å². The summed E-state index contributed by atoms with van der Waals surface area (Å²) in [6.07, 6.45) is 3.32. The first kappa shape index (κ1) is 9.09. The zero-order chi connectivity index (χ0) is 10.3. The second kappa shape index (κ2) is 3.45. The molecule has 1 aliphatic heterocycles. The Morgan fingerprint density at radius 2 is 2.20 bits per heavy atom. The van der Waals surface area contributed by atoms with Gasteiger partial charge < -0.3 is 9.72 Å². The van der Waals surface area contributed by atoms with E-state index in [1.165, 1.54) is 12.8 Å². The van der Waals surface area contributed by atoms with Crippen LogP contribution in [0.1, 0.15) is 42.6 Å². The molecule has 0 spiro atoms. The van der Waals surface area contributed by atoms with Crippen molar-refractivity contribution in [1.82, 2.24) is 9.97 Å². The zero-order valence-electron chi connectivity index (χ0n) is 8.53. The van der Waals surface area contributed by atoms with E-state index in [-0.39, 0.29) is 11.5 Å². The van der Waals surface area contributed by atoms with Crippen LogP contribution in [0.3, 0.4) is 0 Å². The van der Waals surface area contributed by atoms with E-state index in [4.69, 9.17) is 4.74 Å². The third kappa shape index (κ3) is 1.81. The highest BCUT2D eigenvalue weighted by Gasteiger charge is 2.27. The van der Waals surface area contributed by atoms with Crippen LogP contribution in [-0.4, -0.2) is 23.2 Å². The van der Waals surface area contributed by atoms with Gasteiger partial charge in [0.05, 0.1) is 12.3 Å². The van der Waals surface area contributed by atoms with E-state index >= 15 is 0 Å². The fourth-order valence-corrected chi connectivity index (χ4v) is 2.03. The second-order valence-electron chi connectivity index (χ2n) is 4.39. The number of H-pyrrole nitrogens is 1. The molecule has 0 bridgehead atoms. The van der Waals surface area contributed by atoms with Gasteiger partial charge in [0.25, 0.3) is 5.56 Å². The van der Waals surface area contributed by atoms with Crippen molar-refractivity contribution < 1.29 is 4.74 Å². The monoisotopic (exact) mass is 206 g/mol. The molecule has 2 heterocycles. The van der Waals surface area contributed by atoms with E-state index in [9.17, 15) is 4.79 Å². The SMILES string of the molecule is O=c1cc(C2CC2)nc(C2CCOC2)[nH]1. The van der Waals surface area contributed by atoms with E-state index in [2.05, 4.69) is 9.97 Å². The van der Waals surface area contributed by atoms with Crippen molar-refractivity contribution in [2.45, 2.75) is 31.1 Å².